The molecule has 0 radical (unpaired) electrons. The molecule has 1 amide bonds. The number of carbonyl (C=O) groups excluding carboxylic acids is 1. The van der Waals surface area contributed by atoms with Gasteiger partial charge in [0.25, 0.3) is 15.9 Å². The van der Waals surface area contributed by atoms with Crippen LogP contribution in [0.5, 0.6) is 5.88 Å². The van der Waals surface area contributed by atoms with E-state index in [-0.39, 0.29) is 10.6 Å². The second-order valence-electron chi connectivity index (χ2n) is 4.49. The van der Waals surface area contributed by atoms with E-state index in [1.807, 2.05) is 0 Å². The molecule has 0 atom stereocenters. The minimum Gasteiger partial charge on any atom is -0.481 e. The standard InChI is InChI=1S/C14H16N4O4S/c1-15-14(19)12-8-10(6-7-16-12)18(2)23(20,21)11-4-5-13(22-3)17-9-11/h4-9H,1-3H3,(H,15,19). The van der Waals surface area contributed by atoms with E-state index in [1.165, 1.54) is 57.9 Å². The average molecular weight is 336 g/mol. The Morgan fingerprint density at radius 3 is 2.57 bits per heavy atom. The number of methoxy groups -OCH3 is 1. The molecule has 2 aromatic rings. The van der Waals surface area contributed by atoms with Gasteiger partial charge in [-0.25, -0.2) is 13.4 Å². The fourth-order valence-electron chi connectivity index (χ4n) is 1.80. The van der Waals surface area contributed by atoms with Gasteiger partial charge in [0.1, 0.15) is 10.6 Å². The molecule has 0 aliphatic carbocycles. The van der Waals surface area contributed by atoms with E-state index in [0.29, 0.717) is 11.6 Å². The van der Waals surface area contributed by atoms with Crippen molar-refractivity contribution in [2.45, 2.75) is 4.90 Å². The van der Waals surface area contributed by atoms with Gasteiger partial charge < -0.3 is 10.1 Å². The quantitative estimate of drug-likeness (QED) is 0.861. The Kier molecular flexibility index (Phi) is 4.80. The first kappa shape index (κ1) is 16.7. The topological polar surface area (TPSA) is 101 Å². The fraction of sp³-hybridized carbons (Fsp3) is 0.214. The van der Waals surface area contributed by atoms with E-state index in [1.54, 1.807) is 0 Å². The van der Waals surface area contributed by atoms with Crippen LogP contribution in [0.3, 0.4) is 0 Å². The third-order valence-electron chi connectivity index (χ3n) is 3.14. The maximum Gasteiger partial charge on any atom is 0.269 e. The van der Waals surface area contributed by atoms with Crippen molar-refractivity contribution in [3.05, 3.63) is 42.4 Å². The molecule has 0 bridgehead atoms. The summed E-state index contributed by atoms with van der Waals surface area (Å²) in [6.07, 6.45) is 2.59. The van der Waals surface area contributed by atoms with Crippen LogP contribution in [0.4, 0.5) is 5.69 Å². The van der Waals surface area contributed by atoms with E-state index in [0.717, 1.165) is 4.31 Å². The molecule has 0 saturated carbocycles. The van der Waals surface area contributed by atoms with Crippen LogP contribution in [0, 0.1) is 0 Å². The normalized spacial score (nSPS) is 10.9. The third-order valence-corrected chi connectivity index (χ3v) is 4.91. The Bertz CT molecular complexity index is 806. The number of pyridine rings is 2. The Balaban J connectivity index is 2.37. The highest BCUT2D eigenvalue weighted by molar-refractivity contribution is 7.92. The van der Waals surface area contributed by atoms with Crippen molar-refractivity contribution in [1.29, 1.82) is 0 Å². The lowest BCUT2D eigenvalue weighted by Gasteiger charge is -2.19. The van der Waals surface area contributed by atoms with Crippen molar-refractivity contribution in [3.63, 3.8) is 0 Å². The molecule has 0 unspecified atom stereocenters. The van der Waals surface area contributed by atoms with Gasteiger partial charge in [0.2, 0.25) is 5.88 Å². The number of sulfonamides is 1. The summed E-state index contributed by atoms with van der Waals surface area (Å²) in [6, 6.07) is 5.76. The van der Waals surface area contributed by atoms with Gasteiger partial charge in [0.05, 0.1) is 19.0 Å². The molecule has 8 nitrogen and oxygen atoms in total. The van der Waals surface area contributed by atoms with Crippen molar-refractivity contribution in [2.24, 2.45) is 0 Å². The van der Waals surface area contributed by atoms with Crippen LogP contribution in [0.2, 0.25) is 0 Å². The lowest BCUT2D eigenvalue weighted by atomic mass is 10.3. The monoisotopic (exact) mass is 336 g/mol. The number of aromatic nitrogens is 2. The summed E-state index contributed by atoms with van der Waals surface area (Å²) in [4.78, 5) is 19.4. The summed E-state index contributed by atoms with van der Waals surface area (Å²) in [5.74, 6) is -0.0822. The van der Waals surface area contributed by atoms with Gasteiger partial charge in [-0.15, -0.1) is 0 Å². The molecule has 2 aromatic heterocycles. The Hall–Kier alpha value is -2.68. The molecule has 1 N–H and O–H groups in total. The van der Waals surface area contributed by atoms with E-state index in [9.17, 15) is 13.2 Å². The molecule has 0 fully saturated rings. The number of nitrogens with zero attached hydrogens (tertiary/aromatic N) is 3. The van der Waals surface area contributed by atoms with Gasteiger partial charge in [0.15, 0.2) is 0 Å². The Morgan fingerprint density at radius 2 is 2.00 bits per heavy atom. The van der Waals surface area contributed by atoms with Crippen LogP contribution in [-0.2, 0) is 10.0 Å². The zero-order chi connectivity index (χ0) is 17.0. The number of carbonyl (C=O) groups is 1. The number of nitrogens with one attached hydrogen (secondary N) is 1. The molecule has 122 valence electrons. The van der Waals surface area contributed by atoms with Crippen LogP contribution in [0.25, 0.3) is 0 Å². The number of ether oxygens (including phenoxy) is 1. The smallest absolute Gasteiger partial charge is 0.269 e. The van der Waals surface area contributed by atoms with Gasteiger partial charge in [-0.1, -0.05) is 0 Å². The van der Waals surface area contributed by atoms with Crippen molar-refractivity contribution in [2.75, 3.05) is 25.5 Å². The van der Waals surface area contributed by atoms with Crippen LogP contribution in [0.1, 0.15) is 10.5 Å². The van der Waals surface area contributed by atoms with E-state index < -0.39 is 15.9 Å². The molecule has 2 heterocycles. The second-order valence-corrected chi connectivity index (χ2v) is 6.46. The highest BCUT2D eigenvalue weighted by Crippen LogP contribution is 2.22. The minimum absolute atomic E-state index is 0.0131. The van der Waals surface area contributed by atoms with Crippen molar-refractivity contribution >= 4 is 21.6 Å². The van der Waals surface area contributed by atoms with E-state index in [4.69, 9.17) is 4.74 Å². The van der Waals surface area contributed by atoms with Crippen molar-refractivity contribution in [3.8, 4) is 5.88 Å². The summed E-state index contributed by atoms with van der Waals surface area (Å²) in [6.45, 7) is 0. The maximum atomic E-state index is 12.6. The lowest BCUT2D eigenvalue weighted by Crippen LogP contribution is -2.27. The zero-order valence-electron chi connectivity index (χ0n) is 12.8. The SMILES string of the molecule is CNC(=O)c1cc(N(C)S(=O)(=O)c2ccc(OC)nc2)ccn1. The van der Waals surface area contributed by atoms with Crippen LogP contribution < -0.4 is 14.4 Å². The van der Waals surface area contributed by atoms with Crippen LogP contribution >= 0.6 is 0 Å². The molecule has 0 spiro atoms. The van der Waals surface area contributed by atoms with Crippen LogP contribution in [-0.4, -0.2) is 45.5 Å². The number of hydrogen-bond acceptors (Lipinski definition) is 6. The molecule has 0 aromatic carbocycles. The van der Waals surface area contributed by atoms with Crippen LogP contribution in [0.15, 0.2) is 41.6 Å². The van der Waals surface area contributed by atoms with Crippen molar-refractivity contribution < 1.29 is 17.9 Å². The number of amides is 1. The number of hydrogen-bond donors (Lipinski definition) is 1. The largest absolute Gasteiger partial charge is 0.481 e. The zero-order valence-corrected chi connectivity index (χ0v) is 13.7. The first-order valence-corrected chi connectivity index (χ1v) is 8.01. The molecule has 0 aliphatic heterocycles. The average Bonchev–Trinajstić information content (AvgIpc) is 2.60. The molecule has 9 heteroatoms. The van der Waals surface area contributed by atoms with Gasteiger partial charge >= 0.3 is 0 Å². The fourth-order valence-corrected chi connectivity index (χ4v) is 2.94. The van der Waals surface area contributed by atoms with E-state index >= 15 is 0 Å². The molecule has 0 aliphatic rings. The summed E-state index contributed by atoms with van der Waals surface area (Å²) in [5, 5.41) is 2.44. The lowest BCUT2D eigenvalue weighted by molar-refractivity contribution is 0.0958. The Morgan fingerprint density at radius 1 is 1.26 bits per heavy atom. The summed E-state index contributed by atoms with van der Waals surface area (Å²) >= 11 is 0. The van der Waals surface area contributed by atoms with Gasteiger partial charge in [0, 0.05) is 26.4 Å². The molecular formula is C14H16N4O4S. The predicted octanol–water partition coefficient (Wildman–Crippen LogP) is 0.670. The third kappa shape index (κ3) is 3.39. The first-order chi connectivity index (χ1) is 10.9. The Labute approximate surface area is 134 Å². The summed E-state index contributed by atoms with van der Waals surface area (Å²) < 4.78 is 31.2. The second kappa shape index (κ2) is 6.61. The van der Waals surface area contributed by atoms with Gasteiger partial charge in [-0.05, 0) is 18.2 Å². The number of rotatable bonds is 5. The molecule has 0 saturated heterocycles. The van der Waals surface area contributed by atoms with Crippen molar-refractivity contribution in [1.82, 2.24) is 15.3 Å². The highest BCUT2D eigenvalue weighted by atomic mass is 32.2. The minimum atomic E-state index is -3.81. The van der Waals surface area contributed by atoms with Gasteiger partial charge in [-0.3, -0.25) is 14.1 Å². The number of anilines is 1. The first-order valence-electron chi connectivity index (χ1n) is 6.57. The molecular weight excluding hydrogens is 320 g/mol. The molecule has 23 heavy (non-hydrogen) atoms. The van der Waals surface area contributed by atoms with E-state index in [2.05, 4.69) is 15.3 Å². The maximum absolute atomic E-state index is 12.6. The van der Waals surface area contributed by atoms with Gasteiger partial charge in [-0.2, -0.15) is 0 Å². The highest BCUT2D eigenvalue weighted by Gasteiger charge is 2.22. The molecule has 2 rings (SSSR count). The predicted molar refractivity (Wildman–Crippen MR) is 84.0 cm³/mol. The summed E-state index contributed by atoms with van der Waals surface area (Å²) in [7, 11) is 0.498. The summed E-state index contributed by atoms with van der Waals surface area (Å²) in [5.41, 5.74) is 0.439.